The number of unbranched alkanes of at least 4 members (excludes halogenated alkanes) is 35. The number of allylic oxidation sites excluding steroid dienone is 26. The van der Waals surface area contributed by atoms with Gasteiger partial charge in [-0.3, -0.25) is 9.59 Å². The zero-order valence-corrected chi connectivity index (χ0v) is 58.9. The number of hydrogen-bond donors (Lipinski definition) is 1. The zero-order chi connectivity index (χ0) is 64.7. The summed E-state index contributed by atoms with van der Waals surface area (Å²) < 4.78 is 10.8. The quantitative estimate of drug-likeness (QED) is 0.0373. The smallest absolute Gasteiger partial charge is 0.306 e. The topological polar surface area (TPSA) is 72.8 Å². The predicted molar refractivity (Wildman–Crippen MR) is 398 cm³/mol. The largest absolute Gasteiger partial charge is 0.462 e. The monoisotopic (exact) mass is 1240 g/mol. The minimum Gasteiger partial charge on any atom is -0.462 e. The molecule has 1 atom stereocenters. The highest BCUT2D eigenvalue weighted by molar-refractivity contribution is 5.70. The van der Waals surface area contributed by atoms with E-state index >= 15 is 0 Å². The van der Waals surface area contributed by atoms with Gasteiger partial charge in [0.2, 0.25) is 0 Å². The van der Waals surface area contributed by atoms with Crippen LogP contribution in [0.15, 0.2) is 158 Å². The summed E-state index contributed by atoms with van der Waals surface area (Å²) >= 11 is 0. The summed E-state index contributed by atoms with van der Waals surface area (Å²) in [5.41, 5.74) is 0. The minimum absolute atomic E-state index is 0.0754. The van der Waals surface area contributed by atoms with Crippen LogP contribution in [0.4, 0.5) is 0 Å². The molecule has 0 aromatic rings. The molecule has 512 valence electrons. The van der Waals surface area contributed by atoms with E-state index in [0.29, 0.717) is 12.8 Å². The van der Waals surface area contributed by atoms with E-state index in [4.69, 9.17) is 9.47 Å². The molecule has 5 heteroatoms. The fourth-order valence-corrected chi connectivity index (χ4v) is 10.7. The van der Waals surface area contributed by atoms with Crippen molar-refractivity contribution < 1.29 is 24.2 Å². The third-order valence-corrected chi connectivity index (χ3v) is 16.3. The molecule has 1 N–H and O–H groups in total. The fraction of sp³-hybridized carbons (Fsp3) is 0.671. The first-order chi connectivity index (χ1) is 44.6. The third-order valence-electron chi connectivity index (χ3n) is 16.3. The lowest BCUT2D eigenvalue weighted by Crippen LogP contribution is -2.28. The summed E-state index contributed by atoms with van der Waals surface area (Å²) in [5.74, 6) is -0.599. The molecule has 0 aromatic carbocycles. The maximum atomic E-state index is 12.4. The van der Waals surface area contributed by atoms with Gasteiger partial charge in [0.25, 0.3) is 0 Å². The van der Waals surface area contributed by atoms with Crippen molar-refractivity contribution in [3.05, 3.63) is 158 Å². The van der Waals surface area contributed by atoms with Gasteiger partial charge in [-0.25, -0.2) is 0 Å². The molecule has 0 bridgehead atoms. The molecular formula is C85H142O5. The number of aliphatic hydroxyl groups is 1. The summed E-state index contributed by atoms with van der Waals surface area (Å²) in [6.07, 6.45) is 120. The summed E-state index contributed by atoms with van der Waals surface area (Å²) in [7, 11) is 0. The van der Waals surface area contributed by atoms with Crippen LogP contribution in [0.1, 0.15) is 348 Å². The number of esters is 2. The Kier molecular flexibility index (Phi) is 74.8. The third kappa shape index (κ3) is 76.0. The van der Waals surface area contributed by atoms with Crippen LogP contribution < -0.4 is 0 Å². The molecule has 0 radical (unpaired) electrons. The Morgan fingerprint density at radius 3 is 0.722 bits per heavy atom. The molecule has 0 fully saturated rings. The number of hydrogen-bond acceptors (Lipinski definition) is 5. The molecule has 0 saturated heterocycles. The van der Waals surface area contributed by atoms with E-state index in [9.17, 15) is 14.7 Å². The Hall–Kier alpha value is -4.48. The van der Waals surface area contributed by atoms with E-state index in [1.54, 1.807) is 0 Å². The van der Waals surface area contributed by atoms with Gasteiger partial charge in [-0.15, -0.1) is 0 Å². The van der Waals surface area contributed by atoms with Crippen LogP contribution in [-0.4, -0.2) is 36.4 Å². The van der Waals surface area contributed by atoms with E-state index in [2.05, 4.69) is 172 Å². The van der Waals surface area contributed by atoms with Crippen LogP contribution in [0.25, 0.3) is 0 Å². The molecule has 0 rings (SSSR count). The summed E-state index contributed by atoms with van der Waals surface area (Å²) in [6.45, 7) is 4.03. The second-order valence-corrected chi connectivity index (χ2v) is 25.0. The van der Waals surface area contributed by atoms with E-state index in [0.717, 1.165) is 122 Å². The highest BCUT2D eigenvalue weighted by atomic mass is 16.6. The van der Waals surface area contributed by atoms with Crippen LogP contribution in [0, 0.1) is 0 Å². The van der Waals surface area contributed by atoms with Crippen molar-refractivity contribution in [1.29, 1.82) is 0 Å². The molecule has 1 unspecified atom stereocenters. The van der Waals surface area contributed by atoms with Crippen LogP contribution in [0.5, 0.6) is 0 Å². The maximum Gasteiger partial charge on any atom is 0.306 e. The summed E-state index contributed by atoms with van der Waals surface area (Å²) in [4.78, 5) is 24.7. The number of ether oxygens (including phenoxy) is 2. The van der Waals surface area contributed by atoms with Gasteiger partial charge in [0.05, 0.1) is 6.61 Å². The van der Waals surface area contributed by atoms with Gasteiger partial charge in [0.15, 0.2) is 6.10 Å². The predicted octanol–water partition coefficient (Wildman–Crippen LogP) is 27.0. The molecule has 0 spiro atoms. The Morgan fingerprint density at radius 2 is 0.478 bits per heavy atom. The van der Waals surface area contributed by atoms with E-state index in [1.165, 1.54) is 199 Å². The van der Waals surface area contributed by atoms with Gasteiger partial charge >= 0.3 is 11.9 Å². The molecule has 0 aliphatic rings. The average molecular weight is 1240 g/mol. The Bertz CT molecular complexity index is 1900. The van der Waals surface area contributed by atoms with Gasteiger partial charge in [-0.2, -0.15) is 0 Å². The van der Waals surface area contributed by atoms with Crippen molar-refractivity contribution in [3.63, 3.8) is 0 Å². The van der Waals surface area contributed by atoms with E-state index in [1.807, 2.05) is 0 Å². The molecule has 0 heterocycles. The first kappa shape index (κ1) is 85.5. The highest BCUT2D eigenvalue weighted by Crippen LogP contribution is 2.18. The lowest BCUT2D eigenvalue weighted by Gasteiger charge is -2.15. The molecule has 0 aliphatic heterocycles. The number of aliphatic hydroxyl groups excluding tert-OH is 1. The van der Waals surface area contributed by atoms with Crippen molar-refractivity contribution in [2.75, 3.05) is 13.2 Å². The normalized spacial score (nSPS) is 13.1. The molecule has 0 aliphatic carbocycles. The second kappa shape index (κ2) is 78.8. The van der Waals surface area contributed by atoms with Gasteiger partial charge in [-0.05, 0) is 128 Å². The number of rotatable bonds is 69. The maximum absolute atomic E-state index is 12.4. The van der Waals surface area contributed by atoms with Crippen LogP contribution in [-0.2, 0) is 19.1 Å². The molecular weight excluding hydrogens is 1100 g/mol. The van der Waals surface area contributed by atoms with Crippen LogP contribution >= 0.6 is 0 Å². The van der Waals surface area contributed by atoms with Crippen molar-refractivity contribution in [2.45, 2.75) is 354 Å². The molecule has 90 heavy (non-hydrogen) atoms. The first-order valence-corrected chi connectivity index (χ1v) is 38.0. The lowest BCUT2D eigenvalue weighted by molar-refractivity contribution is -0.161. The summed E-state index contributed by atoms with van der Waals surface area (Å²) in [5, 5.41) is 9.72. The standard InChI is InChI=1S/C85H142O5/c1-3-5-7-9-11-13-15-17-19-21-23-25-27-29-31-33-35-37-39-40-41-42-43-44-46-48-50-52-54-56-58-60-62-64-66-68-70-72-74-76-78-80-85(88)90-83(81-86)82-89-84(87)79-77-75-73-71-69-67-65-63-61-59-57-55-53-51-49-47-45-38-36-34-32-30-28-26-24-22-20-18-16-14-12-10-8-6-4-2/h5,7,11,13,16-19,22-25,29,31,35,37,40-41,43-44,48,50,54,56,60,62,83,86H,3-4,6,8-10,12,14-15,20-21,26-28,30,32-34,36,38-39,42,45-47,49,51-53,55,57-59,61,63-82H2,1-2H3/b7-5-,13-11-,18-16-,19-17-,24-22-,25-23-,31-29-,37-35-,41-40-,44-43-,50-48-,56-54-,62-60-. The Morgan fingerprint density at radius 1 is 0.267 bits per heavy atom. The Labute approximate surface area is 558 Å². The minimum atomic E-state index is -0.789. The van der Waals surface area contributed by atoms with Crippen molar-refractivity contribution in [1.82, 2.24) is 0 Å². The Balaban J connectivity index is 3.53. The summed E-state index contributed by atoms with van der Waals surface area (Å²) in [6, 6.07) is 0. The van der Waals surface area contributed by atoms with E-state index in [-0.39, 0.29) is 25.2 Å². The van der Waals surface area contributed by atoms with Crippen molar-refractivity contribution in [2.24, 2.45) is 0 Å². The number of carbonyl (C=O) groups is 2. The highest BCUT2D eigenvalue weighted by Gasteiger charge is 2.16. The first-order valence-electron chi connectivity index (χ1n) is 38.0. The van der Waals surface area contributed by atoms with Crippen molar-refractivity contribution in [3.8, 4) is 0 Å². The molecule has 0 aromatic heterocycles. The van der Waals surface area contributed by atoms with Gasteiger partial charge in [0, 0.05) is 12.8 Å². The molecule has 0 amide bonds. The SMILES string of the molecule is CC/C=C\C/C=C\C/C=C\C/C=C\C/C=C\C/C=C\C/C=C\C/C=C\C/C=C\C/C=C\C/C=C\CCCCCCCCCC(=O)OC(CO)COC(=O)CCCCCCCCCCCCCCCCCCCCCCCCC/C=C\C/C=C\CCCCCCC. The number of carbonyl (C=O) groups excluding carboxylic acids is 2. The zero-order valence-electron chi connectivity index (χ0n) is 58.9. The van der Waals surface area contributed by atoms with Gasteiger partial charge in [0.1, 0.15) is 6.61 Å². The van der Waals surface area contributed by atoms with E-state index < -0.39 is 6.10 Å². The molecule has 5 nitrogen and oxygen atoms in total. The van der Waals surface area contributed by atoms with Gasteiger partial charge < -0.3 is 14.6 Å². The molecule has 0 saturated carbocycles. The van der Waals surface area contributed by atoms with Gasteiger partial charge in [-0.1, -0.05) is 364 Å². The van der Waals surface area contributed by atoms with Crippen molar-refractivity contribution >= 4 is 11.9 Å². The average Bonchev–Trinajstić information content (AvgIpc) is 3.60. The second-order valence-electron chi connectivity index (χ2n) is 25.0. The van der Waals surface area contributed by atoms with Crippen LogP contribution in [0.2, 0.25) is 0 Å². The fourth-order valence-electron chi connectivity index (χ4n) is 10.7. The lowest BCUT2D eigenvalue weighted by atomic mass is 10.0. The van der Waals surface area contributed by atoms with Crippen LogP contribution in [0.3, 0.4) is 0 Å².